The van der Waals surface area contributed by atoms with E-state index in [1.165, 1.54) is 0 Å². The van der Waals surface area contributed by atoms with Crippen LogP contribution in [0.3, 0.4) is 0 Å². The molecule has 0 bridgehead atoms. The second kappa shape index (κ2) is 7.21. The van der Waals surface area contributed by atoms with Gasteiger partial charge in [-0.15, -0.1) is 0 Å². The summed E-state index contributed by atoms with van der Waals surface area (Å²) in [6.07, 6.45) is 0.512. The molecule has 2 N–H and O–H groups in total. The maximum atomic E-state index is 12.1. The number of ether oxygens (including phenoxy) is 1. The summed E-state index contributed by atoms with van der Waals surface area (Å²) in [6.45, 7) is 5.76. The van der Waals surface area contributed by atoms with Crippen LogP contribution in [0.2, 0.25) is 0 Å². The molecule has 1 aliphatic heterocycles. The van der Waals surface area contributed by atoms with E-state index in [1.807, 2.05) is 45.0 Å². The fraction of sp³-hybridized carbons (Fsp3) is 0.562. The number of sulfone groups is 1. The zero-order valence-corrected chi connectivity index (χ0v) is 14.5. The van der Waals surface area contributed by atoms with Gasteiger partial charge in [0.2, 0.25) is 0 Å². The Morgan fingerprint density at radius 3 is 2.57 bits per heavy atom. The van der Waals surface area contributed by atoms with Gasteiger partial charge in [-0.05, 0) is 33.3 Å². The molecule has 1 heterocycles. The first-order chi connectivity index (χ1) is 10.8. The van der Waals surface area contributed by atoms with Crippen LogP contribution in [0.5, 0.6) is 5.75 Å². The van der Waals surface area contributed by atoms with Crippen LogP contribution in [-0.4, -0.2) is 38.1 Å². The molecule has 2 rings (SSSR count). The predicted octanol–water partition coefficient (Wildman–Crippen LogP) is 2.02. The lowest BCUT2D eigenvalue weighted by molar-refractivity contribution is 0.230. The molecular formula is C16H24N2O4S. The molecule has 23 heavy (non-hydrogen) atoms. The molecule has 1 aromatic rings. The highest BCUT2D eigenvalue weighted by atomic mass is 32.2. The summed E-state index contributed by atoms with van der Waals surface area (Å²) < 4.78 is 28.6. The zero-order chi connectivity index (χ0) is 17.0. The minimum absolute atomic E-state index is 0.0157. The average molecular weight is 340 g/mol. The number of nitrogens with one attached hydrogen (secondary N) is 2. The maximum absolute atomic E-state index is 12.1. The Morgan fingerprint density at radius 1 is 1.26 bits per heavy atom. The van der Waals surface area contributed by atoms with Crippen molar-refractivity contribution in [2.24, 2.45) is 0 Å². The Kier molecular flexibility index (Phi) is 5.51. The van der Waals surface area contributed by atoms with E-state index in [1.54, 1.807) is 0 Å². The largest absolute Gasteiger partial charge is 0.491 e. The van der Waals surface area contributed by atoms with E-state index < -0.39 is 9.84 Å². The molecule has 1 aromatic carbocycles. The Balaban J connectivity index is 1.96. The Hall–Kier alpha value is -1.76. The van der Waals surface area contributed by atoms with Crippen molar-refractivity contribution < 1.29 is 17.9 Å². The van der Waals surface area contributed by atoms with Crippen molar-refractivity contribution >= 4 is 15.9 Å². The van der Waals surface area contributed by atoms with E-state index in [4.69, 9.17) is 4.74 Å². The molecule has 1 fully saturated rings. The normalized spacial score (nSPS) is 21.0. The highest BCUT2D eigenvalue weighted by molar-refractivity contribution is 7.91. The van der Waals surface area contributed by atoms with Gasteiger partial charge in [-0.1, -0.05) is 18.2 Å². The number of amides is 2. The van der Waals surface area contributed by atoms with Crippen LogP contribution in [-0.2, 0) is 9.84 Å². The van der Waals surface area contributed by atoms with Gasteiger partial charge in [-0.3, -0.25) is 0 Å². The van der Waals surface area contributed by atoms with Crippen molar-refractivity contribution in [1.29, 1.82) is 0 Å². The van der Waals surface area contributed by atoms with Crippen LogP contribution in [0.25, 0.3) is 0 Å². The van der Waals surface area contributed by atoms with Crippen LogP contribution >= 0.6 is 0 Å². The minimum atomic E-state index is -3.00. The molecule has 2 atom stereocenters. The van der Waals surface area contributed by atoms with Gasteiger partial charge in [0.1, 0.15) is 5.75 Å². The first-order valence-corrected chi connectivity index (χ1v) is 9.62. The van der Waals surface area contributed by atoms with Gasteiger partial charge >= 0.3 is 6.03 Å². The summed E-state index contributed by atoms with van der Waals surface area (Å²) in [5.74, 6) is 0.888. The number of benzene rings is 1. The van der Waals surface area contributed by atoms with Crippen molar-refractivity contribution in [2.45, 2.75) is 45.4 Å². The number of para-hydroxylation sites is 1. The third kappa shape index (κ3) is 5.13. The number of urea groups is 1. The molecule has 6 nitrogen and oxygen atoms in total. The minimum Gasteiger partial charge on any atom is -0.491 e. The summed E-state index contributed by atoms with van der Waals surface area (Å²) in [6, 6.07) is 6.63. The number of hydrogen-bond donors (Lipinski definition) is 2. The molecule has 128 valence electrons. The van der Waals surface area contributed by atoms with Gasteiger partial charge in [0.25, 0.3) is 0 Å². The average Bonchev–Trinajstić information content (AvgIpc) is 2.77. The van der Waals surface area contributed by atoms with E-state index in [0.717, 1.165) is 11.3 Å². The van der Waals surface area contributed by atoms with Crippen LogP contribution in [0.15, 0.2) is 24.3 Å². The van der Waals surface area contributed by atoms with E-state index >= 15 is 0 Å². The zero-order valence-electron chi connectivity index (χ0n) is 13.7. The second-order valence-corrected chi connectivity index (χ2v) is 8.37. The summed E-state index contributed by atoms with van der Waals surface area (Å²) in [5.41, 5.74) is 0.885. The van der Waals surface area contributed by atoms with Crippen LogP contribution < -0.4 is 15.4 Å². The SMILES string of the molecule is CC(C)Oc1ccccc1[C@@H](C)NC(=O)N[C@@H]1CCS(=O)(=O)C1. The predicted molar refractivity (Wildman–Crippen MR) is 89.3 cm³/mol. The van der Waals surface area contributed by atoms with Crippen LogP contribution in [0, 0.1) is 0 Å². The summed E-state index contributed by atoms with van der Waals surface area (Å²) >= 11 is 0. The molecule has 0 aromatic heterocycles. The van der Waals surface area contributed by atoms with Gasteiger partial charge < -0.3 is 15.4 Å². The standard InChI is InChI=1S/C16H24N2O4S/c1-11(2)22-15-7-5-4-6-14(15)12(3)17-16(19)18-13-8-9-23(20,21)10-13/h4-7,11-13H,8-10H2,1-3H3,(H2,17,18,19)/t12-,13-/m1/s1. The first kappa shape index (κ1) is 17.6. The molecule has 1 aliphatic rings. The number of carbonyl (C=O) groups is 1. The molecule has 0 radical (unpaired) electrons. The highest BCUT2D eigenvalue weighted by Crippen LogP contribution is 2.25. The molecular weight excluding hydrogens is 316 g/mol. The third-order valence-electron chi connectivity index (χ3n) is 3.66. The second-order valence-electron chi connectivity index (χ2n) is 6.14. The fourth-order valence-corrected chi connectivity index (χ4v) is 4.28. The van der Waals surface area contributed by atoms with Gasteiger partial charge in [0.15, 0.2) is 9.84 Å². The topological polar surface area (TPSA) is 84.5 Å². The lowest BCUT2D eigenvalue weighted by Crippen LogP contribution is -2.43. The molecule has 0 spiro atoms. The maximum Gasteiger partial charge on any atom is 0.315 e. The monoisotopic (exact) mass is 340 g/mol. The van der Waals surface area contributed by atoms with Crippen molar-refractivity contribution in [1.82, 2.24) is 10.6 Å². The van der Waals surface area contributed by atoms with Gasteiger partial charge in [0.05, 0.1) is 23.7 Å². The molecule has 0 unspecified atom stereocenters. The lowest BCUT2D eigenvalue weighted by Gasteiger charge is -2.21. The Labute approximate surface area is 137 Å². The third-order valence-corrected chi connectivity index (χ3v) is 5.43. The summed E-state index contributed by atoms with van der Waals surface area (Å²) in [5, 5.41) is 5.56. The van der Waals surface area contributed by atoms with Gasteiger partial charge in [-0.25, -0.2) is 13.2 Å². The van der Waals surface area contributed by atoms with Crippen molar-refractivity contribution in [3.63, 3.8) is 0 Å². The van der Waals surface area contributed by atoms with Crippen LogP contribution in [0.1, 0.15) is 38.8 Å². The van der Waals surface area contributed by atoms with Gasteiger partial charge in [-0.2, -0.15) is 0 Å². The number of hydrogen-bond acceptors (Lipinski definition) is 4. The smallest absolute Gasteiger partial charge is 0.315 e. The van der Waals surface area contributed by atoms with E-state index in [9.17, 15) is 13.2 Å². The highest BCUT2D eigenvalue weighted by Gasteiger charge is 2.29. The van der Waals surface area contributed by atoms with Gasteiger partial charge in [0, 0.05) is 11.6 Å². The van der Waals surface area contributed by atoms with E-state index in [2.05, 4.69) is 10.6 Å². The molecule has 1 saturated heterocycles. The first-order valence-electron chi connectivity index (χ1n) is 7.80. The molecule has 0 aliphatic carbocycles. The van der Waals surface area contributed by atoms with Crippen LogP contribution in [0.4, 0.5) is 4.79 Å². The van der Waals surface area contributed by atoms with E-state index in [-0.39, 0.29) is 35.7 Å². The van der Waals surface area contributed by atoms with E-state index in [0.29, 0.717) is 6.42 Å². The fourth-order valence-electron chi connectivity index (χ4n) is 2.61. The Morgan fingerprint density at radius 2 is 1.96 bits per heavy atom. The molecule has 2 amide bonds. The van der Waals surface area contributed by atoms with Crippen molar-refractivity contribution in [2.75, 3.05) is 11.5 Å². The summed E-state index contributed by atoms with van der Waals surface area (Å²) in [4.78, 5) is 12.1. The lowest BCUT2D eigenvalue weighted by atomic mass is 10.1. The number of rotatable bonds is 5. The van der Waals surface area contributed by atoms with Crippen molar-refractivity contribution in [3.05, 3.63) is 29.8 Å². The quantitative estimate of drug-likeness (QED) is 0.859. The number of carbonyl (C=O) groups excluding carboxylic acids is 1. The molecule has 0 saturated carbocycles. The Bertz CT molecular complexity index is 658. The molecule has 7 heteroatoms. The summed E-state index contributed by atoms with van der Waals surface area (Å²) in [7, 11) is -3.00. The van der Waals surface area contributed by atoms with Crippen molar-refractivity contribution in [3.8, 4) is 5.75 Å².